The quantitative estimate of drug-likeness (QED) is 0.0211. The van der Waals surface area contributed by atoms with Crippen molar-refractivity contribution >= 4 is 19.8 Å². The van der Waals surface area contributed by atoms with E-state index in [1.54, 1.807) is 0 Å². The van der Waals surface area contributed by atoms with Crippen LogP contribution >= 0.6 is 7.82 Å². The van der Waals surface area contributed by atoms with Crippen LogP contribution in [0.5, 0.6) is 0 Å². The van der Waals surface area contributed by atoms with Gasteiger partial charge in [0.25, 0.3) is 0 Å². The smallest absolute Gasteiger partial charge is 0.462 e. The van der Waals surface area contributed by atoms with Gasteiger partial charge in [-0.1, -0.05) is 320 Å². The molecule has 0 bridgehead atoms. The third-order valence-electron chi connectivity index (χ3n) is 15.6. The zero-order valence-corrected chi connectivity index (χ0v) is 60.6. The molecule has 524 valence electrons. The number of hydrogen-bond acceptors (Lipinski definition) is 7. The zero-order valence-electron chi connectivity index (χ0n) is 59.7. The summed E-state index contributed by atoms with van der Waals surface area (Å²) in [5.41, 5.74) is 0. The van der Waals surface area contributed by atoms with Crippen molar-refractivity contribution in [1.82, 2.24) is 0 Å². The highest BCUT2D eigenvalue weighted by Gasteiger charge is 2.27. The fourth-order valence-electron chi connectivity index (χ4n) is 9.94. The number of carbonyl (C=O) groups is 2. The molecule has 0 aliphatic rings. The summed E-state index contributed by atoms with van der Waals surface area (Å²) >= 11 is 0. The fraction of sp³-hybridized carbons (Fsp3) is 0.659. The number of quaternary nitrogens is 1. The van der Waals surface area contributed by atoms with Crippen LogP contribution < -0.4 is 0 Å². The molecular weight excluding hydrogens is 1160 g/mol. The van der Waals surface area contributed by atoms with Crippen LogP contribution in [-0.4, -0.2) is 74.9 Å². The van der Waals surface area contributed by atoms with Gasteiger partial charge in [0.15, 0.2) is 6.10 Å². The average Bonchev–Trinajstić information content (AvgIpc) is 2.23. The SMILES string of the molecule is CC/C=C\C/C=C\C/C=C\C/C=C\C/C=C\C/C=C\C/C=C\C/C=C\C/C=C\CCCCCCCCCCCCCCCC(=O)OC(COC(=O)CCCCCCCCCCCCCCCC/C=C\C/C=C\C/C=C\C/C=C\CC)COP(=O)(O)OCC[N+](C)(C)C. The van der Waals surface area contributed by atoms with E-state index in [0.29, 0.717) is 17.4 Å². The number of hydrogen-bond donors (Lipinski definition) is 1. The van der Waals surface area contributed by atoms with E-state index in [9.17, 15) is 19.0 Å². The predicted octanol–water partition coefficient (Wildman–Crippen LogP) is 24.7. The zero-order chi connectivity index (χ0) is 66.9. The molecule has 2 atom stereocenters. The number of esters is 2. The molecule has 1 N–H and O–H groups in total. The number of ether oxygens (including phenoxy) is 2. The van der Waals surface area contributed by atoms with Crippen molar-refractivity contribution in [2.75, 3.05) is 47.5 Å². The Labute approximate surface area is 566 Å². The van der Waals surface area contributed by atoms with Gasteiger partial charge in [0, 0.05) is 12.8 Å². The van der Waals surface area contributed by atoms with Gasteiger partial charge in [0.2, 0.25) is 0 Å². The molecule has 9 nitrogen and oxygen atoms in total. The molecule has 0 aromatic heterocycles. The summed E-state index contributed by atoms with van der Waals surface area (Å²) in [5.74, 6) is -0.799. The minimum Gasteiger partial charge on any atom is -0.462 e. The second-order valence-corrected chi connectivity index (χ2v) is 27.0. The van der Waals surface area contributed by atoms with Crippen LogP contribution in [0.4, 0.5) is 0 Å². The van der Waals surface area contributed by atoms with Gasteiger partial charge in [-0.15, -0.1) is 0 Å². The van der Waals surface area contributed by atoms with Crippen LogP contribution in [0.1, 0.15) is 296 Å². The molecule has 0 saturated carbocycles. The Kier molecular flexibility index (Phi) is 67.6. The molecule has 0 amide bonds. The molecule has 0 heterocycles. The lowest BCUT2D eigenvalue weighted by atomic mass is 10.0. The second kappa shape index (κ2) is 70.9. The minimum atomic E-state index is -4.40. The molecule has 0 aromatic carbocycles. The molecule has 92 heavy (non-hydrogen) atoms. The van der Waals surface area contributed by atoms with Gasteiger partial charge < -0.3 is 18.9 Å². The maximum Gasteiger partial charge on any atom is 0.472 e. The lowest BCUT2D eigenvalue weighted by molar-refractivity contribution is -0.870. The third kappa shape index (κ3) is 74.7. The van der Waals surface area contributed by atoms with Crippen molar-refractivity contribution in [3.63, 3.8) is 0 Å². The highest BCUT2D eigenvalue weighted by atomic mass is 31.2. The largest absolute Gasteiger partial charge is 0.472 e. The number of likely N-dealkylation sites (N-methyl/N-ethyl adjacent to an activating group) is 1. The van der Waals surface area contributed by atoms with Gasteiger partial charge in [-0.25, -0.2) is 4.57 Å². The first-order chi connectivity index (χ1) is 45.0. The number of unbranched alkanes of at least 4 members (excludes halogenated alkanes) is 27. The molecule has 2 unspecified atom stereocenters. The van der Waals surface area contributed by atoms with E-state index in [1.165, 1.54) is 141 Å². The van der Waals surface area contributed by atoms with Gasteiger partial charge in [-0.3, -0.25) is 18.6 Å². The Morgan fingerprint density at radius 3 is 0.870 bits per heavy atom. The third-order valence-corrected chi connectivity index (χ3v) is 16.5. The van der Waals surface area contributed by atoms with E-state index in [1.807, 2.05) is 21.1 Å². The number of allylic oxidation sites excluding steroid dienone is 26. The standard InChI is InChI=1S/C82H138NO8P/c1-6-8-10-12-14-16-18-20-22-24-26-28-30-32-34-35-36-37-38-39-40-41-42-43-44-45-46-47-49-51-53-55-57-59-61-63-65-67-69-71-73-75-82(85)91-80(79-90-92(86,87)89-77-76-83(3,4)5)78-88-81(84)74-72-70-68-66-64-62-60-58-56-54-52-50-48-33-31-29-27-25-23-21-19-17-15-13-11-9-7-2/h8-11,14-17,20-23,26-29,32,34,36-37,39-40,42-43,45-46,80H,6-7,12-13,18-19,24-25,30-31,33,35,38,41,44,47-79H2,1-5H3/p+1/b10-8-,11-9-,16-14-,17-15-,22-20-,23-21-,28-26-,29-27-,34-32-,37-36-,40-39-,43-42-,46-45-. The van der Waals surface area contributed by atoms with Crippen molar-refractivity contribution < 1.29 is 42.1 Å². The van der Waals surface area contributed by atoms with Gasteiger partial charge in [0.05, 0.1) is 27.7 Å². The molecule has 0 rings (SSSR count). The van der Waals surface area contributed by atoms with Crippen LogP contribution in [0.2, 0.25) is 0 Å². The minimum absolute atomic E-state index is 0.0257. The van der Waals surface area contributed by atoms with E-state index in [-0.39, 0.29) is 32.0 Å². The van der Waals surface area contributed by atoms with Crippen molar-refractivity contribution in [1.29, 1.82) is 0 Å². The summed E-state index contributed by atoms with van der Waals surface area (Å²) in [5, 5.41) is 0. The molecule has 10 heteroatoms. The molecule has 0 aliphatic heterocycles. The average molecular weight is 1300 g/mol. The molecule has 0 radical (unpaired) electrons. The Balaban J connectivity index is 4.04. The molecule has 0 saturated heterocycles. The van der Waals surface area contributed by atoms with E-state index in [2.05, 4.69) is 172 Å². The molecule has 0 aromatic rings. The summed E-state index contributed by atoms with van der Waals surface area (Å²) < 4.78 is 34.8. The summed E-state index contributed by atoms with van der Waals surface area (Å²) in [6.07, 6.45) is 106. The highest BCUT2D eigenvalue weighted by Crippen LogP contribution is 2.43. The van der Waals surface area contributed by atoms with Crippen molar-refractivity contribution in [2.24, 2.45) is 0 Å². The Bertz CT molecular complexity index is 2110. The Morgan fingerprint density at radius 1 is 0.337 bits per heavy atom. The maximum atomic E-state index is 12.9. The number of carbonyl (C=O) groups excluding carboxylic acids is 2. The maximum absolute atomic E-state index is 12.9. The van der Waals surface area contributed by atoms with Crippen molar-refractivity contribution in [3.05, 3.63) is 158 Å². The van der Waals surface area contributed by atoms with Gasteiger partial charge in [0.1, 0.15) is 19.8 Å². The first-order valence-corrected chi connectivity index (χ1v) is 38.7. The van der Waals surface area contributed by atoms with Crippen LogP contribution in [0.15, 0.2) is 158 Å². The van der Waals surface area contributed by atoms with E-state index in [0.717, 1.165) is 122 Å². The second-order valence-electron chi connectivity index (χ2n) is 25.6. The highest BCUT2D eigenvalue weighted by molar-refractivity contribution is 7.47. The lowest BCUT2D eigenvalue weighted by Gasteiger charge is -2.24. The summed E-state index contributed by atoms with van der Waals surface area (Å²) in [7, 11) is 1.47. The molecule has 0 fully saturated rings. The van der Waals surface area contributed by atoms with Gasteiger partial charge in [-0.05, 0) is 122 Å². The summed E-state index contributed by atoms with van der Waals surface area (Å²) in [6, 6.07) is 0. The first-order valence-electron chi connectivity index (χ1n) is 37.2. The fourth-order valence-corrected chi connectivity index (χ4v) is 10.7. The van der Waals surface area contributed by atoms with Crippen molar-refractivity contribution in [3.8, 4) is 0 Å². The van der Waals surface area contributed by atoms with Crippen LogP contribution in [0, 0.1) is 0 Å². The monoisotopic (exact) mass is 1300 g/mol. The topological polar surface area (TPSA) is 108 Å². The van der Waals surface area contributed by atoms with Crippen LogP contribution in [0.3, 0.4) is 0 Å². The van der Waals surface area contributed by atoms with E-state index in [4.69, 9.17) is 18.5 Å². The Morgan fingerprint density at radius 2 is 0.587 bits per heavy atom. The molecule has 0 spiro atoms. The molecular formula is C82H139NO8P+. The molecule has 0 aliphatic carbocycles. The van der Waals surface area contributed by atoms with Crippen LogP contribution in [0.25, 0.3) is 0 Å². The predicted molar refractivity (Wildman–Crippen MR) is 399 cm³/mol. The Hall–Kier alpha value is -4.37. The van der Waals surface area contributed by atoms with E-state index >= 15 is 0 Å². The van der Waals surface area contributed by atoms with Gasteiger partial charge in [-0.2, -0.15) is 0 Å². The van der Waals surface area contributed by atoms with Gasteiger partial charge >= 0.3 is 19.8 Å². The van der Waals surface area contributed by atoms with Crippen LogP contribution in [-0.2, 0) is 32.7 Å². The summed E-state index contributed by atoms with van der Waals surface area (Å²) in [4.78, 5) is 35.9. The number of phosphoric ester groups is 1. The van der Waals surface area contributed by atoms with Crippen molar-refractivity contribution in [2.45, 2.75) is 302 Å². The normalized spacial score (nSPS) is 14.0. The lowest BCUT2D eigenvalue weighted by Crippen LogP contribution is -2.37. The first kappa shape index (κ1) is 87.6. The number of rotatable bonds is 67. The summed E-state index contributed by atoms with van der Waals surface area (Å²) in [6.45, 7) is 4.22. The number of phosphoric acid groups is 1. The number of nitrogens with zero attached hydrogens (tertiary/aromatic N) is 1. The van der Waals surface area contributed by atoms with E-state index < -0.39 is 26.5 Å².